The van der Waals surface area contributed by atoms with Gasteiger partial charge in [0.1, 0.15) is 6.04 Å². The van der Waals surface area contributed by atoms with Crippen LogP contribution < -0.4 is 4.90 Å². The third-order valence-corrected chi connectivity index (χ3v) is 4.99. The highest BCUT2D eigenvalue weighted by molar-refractivity contribution is 5.87. The van der Waals surface area contributed by atoms with Gasteiger partial charge in [-0.25, -0.2) is 9.97 Å². The molecule has 0 aliphatic carbocycles. The number of piperazine rings is 1. The van der Waals surface area contributed by atoms with Crippen molar-refractivity contribution in [1.82, 2.24) is 24.7 Å². The largest absolute Gasteiger partial charge is 0.378 e. The third-order valence-electron chi connectivity index (χ3n) is 4.99. The van der Waals surface area contributed by atoms with Gasteiger partial charge in [-0.1, -0.05) is 0 Å². The topological polar surface area (TPSA) is 82.1 Å². The number of hydrogen-bond acceptors (Lipinski definition) is 7. The molecule has 2 fully saturated rings. The van der Waals surface area contributed by atoms with Crippen LogP contribution in [0.15, 0.2) is 12.4 Å². The lowest BCUT2D eigenvalue weighted by Gasteiger charge is -2.41. The molecule has 1 atom stereocenters. The second-order valence-corrected chi connectivity index (χ2v) is 7.19. The SMILES string of the molecule is CC(=O)N1CCN(Cc2cnc(N3CCOCC3)nc2)CC1C(=O)N(C)C. The van der Waals surface area contributed by atoms with Crippen molar-refractivity contribution in [2.75, 3.05) is 64.9 Å². The molecule has 148 valence electrons. The molecule has 0 radical (unpaired) electrons. The fraction of sp³-hybridized carbons (Fsp3) is 0.667. The smallest absolute Gasteiger partial charge is 0.246 e. The molecular formula is C18H28N6O3. The Bertz CT molecular complexity index is 660. The summed E-state index contributed by atoms with van der Waals surface area (Å²) in [7, 11) is 3.44. The Hall–Kier alpha value is -2.26. The van der Waals surface area contributed by atoms with Gasteiger partial charge in [0, 0.05) is 78.2 Å². The van der Waals surface area contributed by atoms with E-state index in [4.69, 9.17) is 4.74 Å². The molecule has 9 heteroatoms. The maximum atomic E-state index is 12.5. The van der Waals surface area contributed by atoms with Crippen LogP contribution in [0.5, 0.6) is 0 Å². The maximum Gasteiger partial charge on any atom is 0.246 e. The van der Waals surface area contributed by atoms with Gasteiger partial charge in [0.15, 0.2) is 0 Å². The highest BCUT2D eigenvalue weighted by Crippen LogP contribution is 2.16. The summed E-state index contributed by atoms with van der Waals surface area (Å²) in [4.78, 5) is 40.9. The first-order chi connectivity index (χ1) is 13.0. The molecule has 9 nitrogen and oxygen atoms in total. The fourth-order valence-electron chi connectivity index (χ4n) is 3.48. The molecule has 27 heavy (non-hydrogen) atoms. The molecule has 2 aliphatic heterocycles. The van der Waals surface area contributed by atoms with Crippen molar-refractivity contribution in [2.45, 2.75) is 19.5 Å². The standard InChI is InChI=1S/C18H28N6O3/c1-14(25)24-5-4-22(13-16(24)17(26)21(2)3)12-15-10-19-18(20-11-15)23-6-8-27-9-7-23/h10-11,16H,4-9,12-13H2,1-3H3. The minimum atomic E-state index is -0.445. The van der Waals surface area contributed by atoms with Crippen molar-refractivity contribution in [1.29, 1.82) is 0 Å². The van der Waals surface area contributed by atoms with E-state index < -0.39 is 6.04 Å². The van der Waals surface area contributed by atoms with E-state index in [9.17, 15) is 9.59 Å². The van der Waals surface area contributed by atoms with E-state index in [1.807, 2.05) is 12.4 Å². The van der Waals surface area contributed by atoms with E-state index in [0.717, 1.165) is 31.1 Å². The highest BCUT2D eigenvalue weighted by Gasteiger charge is 2.34. The Morgan fingerprint density at radius 2 is 1.81 bits per heavy atom. The van der Waals surface area contributed by atoms with Crippen LogP contribution >= 0.6 is 0 Å². The van der Waals surface area contributed by atoms with E-state index in [-0.39, 0.29) is 11.8 Å². The molecule has 0 bridgehead atoms. The molecule has 0 aromatic carbocycles. The lowest BCUT2D eigenvalue weighted by atomic mass is 10.1. The zero-order valence-electron chi connectivity index (χ0n) is 16.3. The van der Waals surface area contributed by atoms with Gasteiger partial charge in [0.25, 0.3) is 0 Å². The molecule has 1 aromatic heterocycles. The summed E-state index contributed by atoms with van der Waals surface area (Å²) in [5.41, 5.74) is 0.999. The van der Waals surface area contributed by atoms with Crippen LogP contribution in [0.3, 0.4) is 0 Å². The zero-order chi connectivity index (χ0) is 19.4. The number of carbonyl (C=O) groups is 2. The number of aromatic nitrogens is 2. The van der Waals surface area contributed by atoms with E-state index in [1.165, 1.54) is 6.92 Å². The molecule has 0 spiro atoms. The van der Waals surface area contributed by atoms with E-state index in [1.54, 1.807) is 23.9 Å². The lowest BCUT2D eigenvalue weighted by Crippen LogP contribution is -2.59. The van der Waals surface area contributed by atoms with Crippen molar-refractivity contribution in [3.05, 3.63) is 18.0 Å². The van der Waals surface area contributed by atoms with Crippen LogP contribution in [0.1, 0.15) is 12.5 Å². The van der Waals surface area contributed by atoms with Crippen molar-refractivity contribution < 1.29 is 14.3 Å². The third kappa shape index (κ3) is 4.72. The number of hydrogen-bond donors (Lipinski definition) is 0. The molecule has 2 amide bonds. The number of ether oxygens (including phenoxy) is 1. The second kappa shape index (κ2) is 8.62. The van der Waals surface area contributed by atoms with Gasteiger partial charge < -0.3 is 19.4 Å². The molecule has 0 saturated carbocycles. The minimum Gasteiger partial charge on any atom is -0.378 e. The quantitative estimate of drug-likeness (QED) is 0.696. The summed E-state index contributed by atoms with van der Waals surface area (Å²) in [6.07, 6.45) is 3.69. The molecule has 2 saturated heterocycles. The number of nitrogens with zero attached hydrogens (tertiary/aromatic N) is 6. The van der Waals surface area contributed by atoms with Gasteiger partial charge >= 0.3 is 0 Å². The van der Waals surface area contributed by atoms with Crippen molar-refractivity contribution in [3.63, 3.8) is 0 Å². The van der Waals surface area contributed by atoms with Gasteiger partial charge in [-0.15, -0.1) is 0 Å². The number of anilines is 1. The molecule has 3 heterocycles. The summed E-state index contributed by atoms with van der Waals surface area (Å²) in [6, 6.07) is -0.445. The molecule has 0 N–H and O–H groups in total. The monoisotopic (exact) mass is 376 g/mol. The average molecular weight is 376 g/mol. The Labute approximate surface area is 159 Å². The first-order valence-corrected chi connectivity index (χ1v) is 9.30. The zero-order valence-corrected chi connectivity index (χ0v) is 16.3. The number of carbonyl (C=O) groups excluding carboxylic acids is 2. The van der Waals surface area contributed by atoms with Gasteiger partial charge in [-0.05, 0) is 0 Å². The van der Waals surface area contributed by atoms with Gasteiger partial charge in [-0.2, -0.15) is 0 Å². The van der Waals surface area contributed by atoms with Crippen LogP contribution in [0.25, 0.3) is 0 Å². The second-order valence-electron chi connectivity index (χ2n) is 7.19. The Balaban J connectivity index is 1.63. The number of likely N-dealkylation sites (N-methyl/N-ethyl adjacent to an activating group) is 1. The van der Waals surface area contributed by atoms with Crippen LogP contribution in [0.2, 0.25) is 0 Å². The van der Waals surface area contributed by atoms with Crippen molar-refractivity contribution >= 4 is 17.8 Å². The van der Waals surface area contributed by atoms with Crippen molar-refractivity contribution in [2.24, 2.45) is 0 Å². The Morgan fingerprint density at radius 1 is 1.15 bits per heavy atom. The molecule has 1 unspecified atom stereocenters. The van der Waals surface area contributed by atoms with E-state index >= 15 is 0 Å². The molecule has 1 aromatic rings. The fourth-order valence-corrected chi connectivity index (χ4v) is 3.48. The summed E-state index contributed by atoms with van der Waals surface area (Å²) < 4.78 is 5.35. The molecule has 2 aliphatic rings. The van der Waals surface area contributed by atoms with Gasteiger partial charge in [-0.3, -0.25) is 14.5 Å². The van der Waals surface area contributed by atoms with Crippen LogP contribution in [-0.4, -0.2) is 103 Å². The number of rotatable bonds is 4. The lowest BCUT2D eigenvalue weighted by molar-refractivity contribution is -0.146. The minimum absolute atomic E-state index is 0.0474. The molecular weight excluding hydrogens is 348 g/mol. The summed E-state index contributed by atoms with van der Waals surface area (Å²) >= 11 is 0. The summed E-state index contributed by atoms with van der Waals surface area (Å²) in [6.45, 7) is 6.98. The first-order valence-electron chi connectivity index (χ1n) is 9.30. The normalized spacial score (nSPS) is 21.2. The predicted molar refractivity (Wildman–Crippen MR) is 100 cm³/mol. The van der Waals surface area contributed by atoms with Gasteiger partial charge in [0.05, 0.1) is 13.2 Å². The predicted octanol–water partition coefficient (Wildman–Crippen LogP) is -0.566. The Morgan fingerprint density at radius 3 is 2.41 bits per heavy atom. The summed E-state index contributed by atoms with van der Waals surface area (Å²) in [5, 5.41) is 0. The summed E-state index contributed by atoms with van der Waals surface area (Å²) in [5.74, 6) is 0.617. The van der Waals surface area contributed by atoms with Crippen LogP contribution in [0, 0.1) is 0 Å². The van der Waals surface area contributed by atoms with Crippen LogP contribution in [0.4, 0.5) is 5.95 Å². The van der Waals surface area contributed by atoms with E-state index in [0.29, 0.717) is 32.8 Å². The number of morpholine rings is 1. The highest BCUT2D eigenvalue weighted by atomic mass is 16.5. The average Bonchev–Trinajstić information content (AvgIpc) is 2.68. The van der Waals surface area contributed by atoms with Crippen molar-refractivity contribution in [3.8, 4) is 0 Å². The molecule has 3 rings (SSSR count). The van der Waals surface area contributed by atoms with Gasteiger partial charge in [0.2, 0.25) is 17.8 Å². The Kier molecular flexibility index (Phi) is 6.22. The van der Waals surface area contributed by atoms with Crippen LogP contribution in [-0.2, 0) is 20.9 Å². The van der Waals surface area contributed by atoms with E-state index in [2.05, 4.69) is 19.8 Å². The maximum absolute atomic E-state index is 12.5. The number of amides is 2. The first kappa shape index (κ1) is 19.5.